The lowest BCUT2D eigenvalue weighted by Gasteiger charge is -2.26. The first-order valence-electron chi connectivity index (χ1n) is 6.57. The van der Waals surface area contributed by atoms with Crippen LogP contribution in [0.1, 0.15) is 32.3 Å². The minimum atomic E-state index is -3.22. The molecular formula is C14H22ClNO2S. The van der Waals surface area contributed by atoms with E-state index in [4.69, 9.17) is 11.6 Å². The molecule has 0 fully saturated rings. The molecule has 0 saturated carbocycles. The van der Waals surface area contributed by atoms with Crippen LogP contribution in [0.15, 0.2) is 30.3 Å². The summed E-state index contributed by atoms with van der Waals surface area (Å²) in [6.07, 6.45) is 1.35. The molecule has 0 radical (unpaired) electrons. The summed E-state index contributed by atoms with van der Waals surface area (Å²) in [5, 5.41) is 0. The summed E-state index contributed by atoms with van der Waals surface area (Å²) in [7, 11) is -3.22. The van der Waals surface area contributed by atoms with Gasteiger partial charge in [0, 0.05) is 18.5 Å². The summed E-state index contributed by atoms with van der Waals surface area (Å²) in [6, 6.07) is 9.63. The number of nitrogens with zero attached hydrogens (tertiary/aromatic N) is 1. The van der Waals surface area contributed by atoms with Gasteiger partial charge in [0.1, 0.15) is 0 Å². The van der Waals surface area contributed by atoms with Gasteiger partial charge in [0.05, 0.1) is 5.75 Å². The molecule has 0 aromatic heterocycles. The number of hydrogen-bond donors (Lipinski definition) is 0. The fourth-order valence-corrected chi connectivity index (χ4v) is 3.84. The van der Waals surface area contributed by atoms with E-state index in [9.17, 15) is 8.42 Å². The zero-order valence-electron chi connectivity index (χ0n) is 11.5. The quantitative estimate of drug-likeness (QED) is 0.546. The first-order chi connectivity index (χ1) is 8.97. The van der Waals surface area contributed by atoms with Crippen molar-refractivity contribution >= 4 is 21.6 Å². The van der Waals surface area contributed by atoms with Gasteiger partial charge in [-0.2, -0.15) is 4.31 Å². The van der Waals surface area contributed by atoms with Gasteiger partial charge in [-0.1, -0.05) is 30.3 Å². The van der Waals surface area contributed by atoms with Crippen molar-refractivity contribution in [2.24, 2.45) is 0 Å². The second-order valence-electron chi connectivity index (χ2n) is 4.84. The Kier molecular flexibility index (Phi) is 6.83. The molecular weight excluding hydrogens is 282 g/mol. The first kappa shape index (κ1) is 16.5. The molecule has 1 rings (SSSR count). The first-order valence-corrected chi connectivity index (χ1v) is 8.71. The highest BCUT2D eigenvalue weighted by Gasteiger charge is 2.24. The summed E-state index contributed by atoms with van der Waals surface area (Å²) < 4.78 is 26.2. The molecule has 1 aromatic rings. The number of unbranched alkanes of at least 4 members (excludes halogenated alkanes) is 1. The molecule has 1 aromatic carbocycles. The van der Waals surface area contributed by atoms with Crippen molar-refractivity contribution in [2.75, 3.05) is 11.6 Å². The van der Waals surface area contributed by atoms with Crippen LogP contribution in [0.5, 0.6) is 0 Å². The van der Waals surface area contributed by atoms with E-state index in [0.717, 1.165) is 12.0 Å². The predicted octanol–water partition coefficient (Wildman–Crippen LogP) is 3.25. The lowest BCUT2D eigenvalue weighted by molar-refractivity contribution is 0.347. The SMILES string of the molecule is CC(C)N(Cc1ccccc1)S(=O)(=O)CCCCCl. The fraction of sp³-hybridized carbons (Fsp3) is 0.571. The van der Waals surface area contributed by atoms with Crippen LogP contribution in [0.2, 0.25) is 0 Å². The van der Waals surface area contributed by atoms with Crippen LogP contribution in [-0.4, -0.2) is 30.4 Å². The topological polar surface area (TPSA) is 37.4 Å². The smallest absolute Gasteiger partial charge is 0.212 e. The van der Waals surface area contributed by atoms with Gasteiger partial charge in [0.25, 0.3) is 0 Å². The molecule has 3 nitrogen and oxygen atoms in total. The largest absolute Gasteiger partial charge is 0.214 e. The molecule has 0 aliphatic rings. The number of benzene rings is 1. The van der Waals surface area contributed by atoms with Gasteiger partial charge in [-0.05, 0) is 32.3 Å². The summed E-state index contributed by atoms with van der Waals surface area (Å²) in [5.41, 5.74) is 1.01. The monoisotopic (exact) mass is 303 g/mol. The minimum Gasteiger partial charge on any atom is -0.212 e. The average Bonchev–Trinajstić information content (AvgIpc) is 2.37. The number of rotatable bonds is 8. The minimum absolute atomic E-state index is 0.0405. The molecule has 19 heavy (non-hydrogen) atoms. The molecule has 0 aliphatic heterocycles. The van der Waals surface area contributed by atoms with Crippen LogP contribution in [0.25, 0.3) is 0 Å². The van der Waals surface area contributed by atoms with E-state index in [1.165, 1.54) is 0 Å². The Hall–Kier alpha value is -0.580. The molecule has 5 heteroatoms. The highest BCUT2D eigenvalue weighted by molar-refractivity contribution is 7.89. The number of halogens is 1. The Balaban J connectivity index is 2.77. The van der Waals surface area contributed by atoms with Crippen molar-refractivity contribution in [1.29, 1.82) is 0 Å². The van der Waals surface area contributed by atoms with E-state index < -0.39 is 10.0 Å². The molecule has 0 amide bonds. The van der Waals surface area contributed by atoms with Crippen molar-refractivity contribution in [3.05, 3.63) is 35.9 Å². The second kappa shape index (κ2) is 7.88. The maximum absolute atomic E-state index is 12.3. The van der Waals surface area contributed by atoms with Gasteiger partial charge < -0.3 is 0 Å². The second-order valence-corrected chi connectivity index (χ2v) is 7.26. The van der Waals surface area contributed by atoms with Crippen molar-refractivity contribution in [3.63, 3.8) is 0 Å². The number of hydrogen-bond acceptors (Lipinski definition) is 2. The summed E-state index contributed by atoms with van der Waals surface area (Å²) in [5.74, 6) is 0.681. The third-order valence-corrected chi connectivity index (χ3v) is 5.24. The van der Waals surface area contributed by atoms with Crippen molar-refractivity contribution in [1.82, 2.24) is 4.31 Å². The highest BCUT2D eigenvalue weighted by atomic mass is 35.5. The molecule has 0 saturated heterocycles. The van der Waals surface area contributed by atoms with Gasteiger partial charge in [0.15, 0.2) is 0 Å². The average molecular weight is 304 g/mol. The van der Waals surface area contributed by atoms with E-state index in [1.54, 1.807) is 4.31 Å². The molecule has 0 unspecified atom stereocenters. The molecule has 0 atom stereocenters. The Morgan fingerprint density at radius 3 is 2.32 bits per heavy atom. The van der Waals surface area contributed by atoms with E-state index in [-0.39, 0.29) is 11.8 Å². The van der Waals surface area contributed by atoms with E-state index in [0.29, 0.717) is 18.8 Å². The van der Waals surface area contributed by atoms with Crippen LogP contribution in [-0.2, 0) is 16.6 Å². The van der Waals surface area contributed by atoms with Crippen LogP contribution < -0.4 is 0 Å². The molecule has 0 N–H and O–H groups in total. The van der Waals surface area contributed by atoms with E-state index in [2.05, 4.69) is 0 Å². The van der Waals surface area contributed by atoms with Gasteiger partial charge in [-0.25, -0.2) is 8.42 Å². The lowest BCUT2D eigenvalue weighted by atomic mass is 10.2. The maximum atomic E-state index is 12.3. The Morgan fingerprint density at radius 1 is 1.16 bits per heavy atom. The molecule has 0 heterocycles. The third-order valence-electron chi connectivity index (χ3n) is 2.90. The molecule has 0 spiro atoms. The van der Waals surface area contributed by atoms with Crippen molar-refractivity contribution < 1.29 is 8.42 Å². The maximum Gasteiger partial charge on any atom is 0.214 e. The zero-order valence-corrected chi connectivity index (χ0v) is 13.1. The van der Waals surface area contributed by atoms with Crippen LogP contribution >= 0.6 is 11.6 Å². The summed E-state index contributed by atoms with van der Waals surface area (Å²) >= 11 is 5.59. The molecule has 108 valence electrons. The molecule has 0 bridgehead atoms. The highest BCUT2D eigenvalue weighted by Crippen LogP contribution is 2.15. The standard InChI is InChI=1S/C14H22ClNO2S/c1-13(2)16(12-14-8-4-3-5-9-14)19(17,18)11-7-6-10-15/h3-5,8-9,13H,6-7,10-12H2,1-2H3. The summed E-state index contributed by atoms with van der Waals surface area (Å²) in [6.45, 7) is 4.24. The normalized spacial score (nSPS) is 12.3. The fourth-order valence-electron chi connectivity index (χ4n) is 1.86. The Labute approximate surface area is 121 Å². The van der Waals surface area contributed by atoms with E-state index >= 15 is 0 Å². The van der Waals surface area contributed by atoms with Crippen LogP contribution in [0, 0.1) is 0 Å². The van der Waals surface area contributed by atoms with Gasteiger partial charge >= 0.3 is 0 Å². The lowest BCUT2D eigenvalue weighted by Crippen LogP contribution is -2.37. The number of sulfonamides is 1. The zero-order chi connectivity index (χ0) is 14.3. The van der Waals surface area contributed by atoms with Gasteiger partial charge in [-0.3, -0.25) is 0 Å². The van der Waals surface area contributed by atoms with Gasteiger partial charge in [-0.15, -0.1) is 11.6 Å². The van der Waals surface area contributed by atoms with Crippen LogP contribution in [0.4, 0.5) is 0 Å². The van der Waals surface area contributed by atoms with Crippen molar-refractivity contribution in [3.8, 4) is 0 Å². The summed E-state index contributed by atoms with van der Waals surface area (Å²) in [4.78, 5) is 0. The predicted molar refractivity (Wildman–Crippen MR) is 80.9 cm³/mol. The van der Waals surface area contributed by atoms with E-state index in [1.807, 2.05) is 44.2 Å². The Morgan fingerprint density at radius 2 is 1.79 bits per heavy atom. The van der Waals surface area contributed by atoms with Crippen molar-refractivity contribution in [2.45, 2.75) is 39.3 Å². The number of alkyl halides is 1. The van der Waals surface area contributed by atoms with Crippen LogP contribution in [0.3, 0.4) is 0 Å². The Bertz CT molecular complexity index is 460. The third kappa shape index (κ3) is 5.51. The molecule has 0 aliphatic carbocycles. The van der Waals surface area contributed by atoms with Gasteiger partial charge in [0.2, 0.25) is 10.0 Å².